The van der Waals surface area contributed by atoms with Gasteiger partial charge in [-0.25, -0.2) is 0 Å². The van der Waals surface area contributed by atoms with Crippen LogP contribution in [0.4, 0.5) is 0 Å². The molecular formula is C19H19N2NaO8S. The van der Waals surface area contributed by atoms with Crippen LogP contribution in [0, 0.1) is 0 Å². The Morgan fingerprint density at radius 2 is 2.00 bits per heavy atom. The number of β-lactam (4-membered cyclic amide) rings is 1. The third-order valence-corrected chi connectivity index (χ3v) is 6.12. The van der Waals surface area contributed by atoms with Gasteiger partial charge in [-0.3, -0.25) is 19.3 Å². The summed E-state index contributed by atoms with van der Waals surface area (Å²) < 4.78 is 10.2. The number of ether oxygens (including phenoxy) is 2. The molecule has 2 N–H and O–H groups in total. The van der Waals surface area contributed by atoms with Crippen LogP contribution in [-0.2, 0) is 28.7 Å². The minimum atomic E-state index is -1.86. The van der Waals surface area contributed by atoms with Crippen molar-refractivity contribution in [2.24, 2.45) is 0 Å². The summed E-state index contributed by atoms with van der Waals surface area (Å²) >= 11 is 1.12. The molecule has 2 aliphatic rings. The number of amides is 2. The van der Waals surface area contributed by atoms with Gasteiger partial charge >= 0.3 is 35.5 Å². The van der Waals surface area contributed by atoms with E-state index in [0.717, 1.165) is 16.7 Å². The van der Waals surface area contributed by atoms with Crippen LogP contribution in [0.15, 0.2) is 41.6 Å². The van der Waals surface area contributed by atoms with Crippen LogP contribution >= 0.6 is 11.8 Å². The first-order valence-corrected chi connectivity index (χ1v) is 9.90. The molecule has 1 aromatic rings. The van der Waals surface area contributed by atoms with Gasteiger partial charge in [0.1, 0.15) is 12.0 Å². The molecule has 0 aliphatic carbocycles. The standard InChI is InChI=1S/C19H20N2O8S.Na/c1-10(22)29-8-12-9-30-18-19(28-2,17(27)21(18)13(12)16(25)26)20-15(24)14(23)11-6-4-3-5-7-11;/h3-7,14,18,23H,8-9H2,1-2H3,(H,20,24)(H,25,26);/q;+1/p-1/t14?,18-,19?;/m0./s1. The molecule has 0 radical (unpaired) electrons. The number of aliphatic hydroxyl groups excluding tert-OH is 1. The van der Waals surface area contributed by atoms with E-state index in [-0.39, 0.29) is 47.5 Å². The van der Waals surface area contributed by atoms with Gasteiger partial charge in [0.05, 0.1) is 11.7 Å². The number of aliphatic hydroxyl groups is 1. The first-order chi connectivity index (χ1) is 14.2. The number of methoxy groups -OCH3 is 1. The summed E-state index contributed by atoms with van der Waals surface area (Å²) in [4.78, 5) is 49.1. The van der Waals surface area contributed by atoms with Crippen LogP contribution in [0.2, 0.25) is 0 Å². The molecule has 160 valence electrons. The molecule has 1 fully saturated rings. The molecule has 1 saturated heterocycles. The Morgan fingerprint density at radius 3 is 2.55 bits per heavy atom. The molecule has 0 aromatic heterocycles. The zero-order valence-corrected chi connectivity index (χ0v) is 19.9. The Bertz CT molecular complexity index is 925. The van der Waals surface area contributed by atoms with Gasteiger partial charge in [-0.1, -0.05) is 30.3 Å². The van der Waals surface area contributed by atoms with Crippen LogP contribution in [0.25, 0.3) is 0 Å². The molecule has 2 aliphatic heterocycles. The molecule has 2 amide bonds. The number of rotatable bonds is 7. The zero-order valence-electron chi connectivity index (χ0n) is 17.1. The number of carboxylic acids is 1. The van der Waals surface area contributed by atoms with Crippen LogP contribution in [0.1, 0.15) is 18.6 Å². The minimum absolute atomic E-state index is 0. The second kappa shape index (κ2) is 10.2. The molecule has 12 heteroatoms. The topological polar surface area (TPSA) is 145 Å². The fourth-order valence-corrected chi connectivity index (χ4v) is 4.69. The second-order valence-electron chi connectivity index (χ2n) is 6.60. The van der Waals surface area contributed by atoms with Crippen molar-refractivity contribution < 1.29 is 68.4 Å². The third-order valence-electron chi connectivity index (χ3n) is 4.75. The summed E-state index contributed by atoms with van der Waals surface area (Å²) in [7, 11) is 1.20. The molecule has 0 bridgehead atoms. The van der Waals surface area contributed by atoms with Crippen molar-refractivity contribution >= 4 is 35.5 Å². The number of aliphatic carboxylic acids is 1. The molecule has 0 saturated carbocycles. The van der Waals surface area contributed by atoms with E-state index < -0.39 is 46.7 Å². The fraction of sp³-hybridized carbons (Fsp3) is 0.368. The summed E-state index contributed by atoms with van der Waals surface area (Å²) in [6, 6.07) is 8.11. The molecule has 2 heterocycles. The molecule has 0 spiro atoms. The molecule has 3 atom stereocenters. The van der Waals surface area contributed by atoms with Gasteiger partial charge in [0.2, 0.25) is 0 Å². The Hall–Kier alpha value is -1.89. The van der Waals surface area contributed by atoms with E-state index in [2.05, 4.69) is 5.32 Å². The number of nitrogens with one attached hydrogen (secondary N) is 1. The van der Waals surface area contributed by atoms with Gasteiger partial charge in [-0.05, 0) is 5.56 Å². The SMILES string of the molecule is COC1(NC(=O)C(O)c2ccccc2)C(=O)N2C(C(=O)[O-])=C(COC(C)=O)CS[C@H]21.[Na+]. The largest absolute Gasteiger partial charge is 1.00 e. The van der Waals surface area contributed by atoms with E-state index in [9.17, 15) is 29.4 Å². The Kier molecular flexibility index (Phi) is 8.31. The number of nitrogens with zero attached hydrogens (tertiary/aromatic N) is 1. The van der Waals surface area contributed by atoms with Crippen LogP contribution in [0.5, 0.6) is 0 Å². The predicted octanol–water partition coefficient (Wildman–Crippen LogP) is -4.33. The van der Waals surface area contributed by atoms with Crippen molar-refractivity contribution in [1.29, 1.82) is 0 Å². The number of carbonyl (C=O) groups excluding carboxylic acids is 4. The smallest absolute Gasteiger partial charge is 0.543 e. The average molecular weight is 458 g/mol. The van der Waals surface area contributed by atoms with Gasteiger partial charge < -0.3 is 29.8 Å². The van der Waals surface area contributed by atoms with E-state index in [1.54, 1.807) is 30.3 Å². The fourth-order valence-electron chi connectivity index (χ4n) is 3.27. The normalized spacial score (nSPS) is 23.1. The number of benzene rings is 1. The van der Waals surface area contributed by atoms with Crippen molar-refractivity contribution in [3.05, 3.63) is 47.2 Å². The zero-order chi connectivity index (χ0) is 22.1. The maximum atomic E-state index is 12.9. The average Bonchev–Trinajstić information content (AvgIpc) is 2.74. The summed E-state index contributed by atoms with van der Waals surface area (Å²) in [6.45, 7) is 0.873. The first kappa shape index (κ1) is 25.4. The maximum absolute atomic E-state index is 12.9. The number of esters is 1. The first-order valence-electron chi connectivity index (χ1n) is 8.85. The number of carbonyl (C=O) groups is 4. The Labute approximate surface area is 204 Å². The molecule has 1 aromatic carbocycles. The monoisotopic (exact) mass is 458 g/mol. The Balaban J connectivity index is 0.00000341. The quantitative estimate of drug-likeness (QED) is 0.179. The van der Waals surface area contributed by atoms with E-state index in [4.69, 9.17) is 9.47 Å². The van der Waals surface area contributed by atoms with Crippen molar-refractivity contribution in [3.63, 3.8) is 0 Å². The molecular weight excluding hydrogens is 439 g/mol. The number of fused-ring (bicyclic) bond motifs is 1. The second-order valence-corrected chi connectivity index (χ2v) is 7.67. The van der Waals surface area contributed by atoms with Gasteiger partial charge in [0.15, 0.2) is 6.10 Å². The van der Waals surface area contributed by atoms with Gasteiger partial charge in [0, 0.05) is 25.4 Å². The molecule has 10 nitrogen and oxygen atoms in total. The van der Waals surface area contributed by atoms with Gasteiger partial charge in [-0.2, -0.15) is 0 Å². The van der Waals surface area contributed by atoms with E-state index >= 15 is 0 Å². The van der Waals surface area contributed by atoms with Crippen LogP contribution < -0.4 is 40.0 Å². The van der Waals surface area contributed by atoms with Crippen LogP contribution in [0.3, 0.4) is 0 Å². The van der Waals surface area contributed by atoms with Crippen molar-refractivity contribution in [2.75, 3.05) is 19.5 Å². The van der Waals surface area contributed by atoms with Crippen molar-refractivity contribution in [1.82, 2.24) is 10.2 Å². The minimum Gasteiger partial charge on any atom is -0.543 e. The maximum Gasteiger partial charge on any atom is 1.00 e. The number of thioether (sulfide) groups is 1. The van der Waals surface area contributed by atoms with Gasteiger partial charge in [-0.15, -0.1) is 11.8 Å². The van der Waals surface area contributed by atoms with E-state index in [1.807, 2.05) is 0 Å². The third kappa shape index (κ3) is 4.66. The number of carboxylic acid groups (broad SMARTS) is 1. The molecule has 3 rings (SSSR count). The number of hydrogen-bond donors (Lipinski definition) is 2. The summed E-state index contributed by atoms with van der Waals surface area (Å²) in [5.74, 6) is -3.82. The molecule has 2 unspecified atom stereocenters. The summed E-state index contributed by atoms with van der Waals surface area (Å²) in [5.41, 5.74) is -1.76. The van der Waals surface area contributed by atoms with Crippen molar-refractivity contribution in [2.45, 2.75) is 24.1 Å². The predicted molar refractivity (Wildman–Crippen MR) is 101 cm³/mol. The van der Waals surface area contributed by atoms with Crippen LogP contribution in [-0.4, -0.2) is 64.3 Å². The van der Waals surface area contributed by atoms with Gasteiger partial charge in [0.25, 0.3) is 17.5 Å². The van der Waals surface area contributed by atoms with E-state index in [0.29, 0.717) is 5.56 Å². The van der Waals surface area contributed by atoms with E-state index in [1.165, 1.54) is 14.0 Å². The number of hydrogen-bond acceptors (Lipinski definition) is 9. The Morgan fingerprint density at radius 1 is 1.35 bits per heavy atom. The summed E-state index contributed by atoms with van der Waals surface area (Å²) in [6.07, 6.45) is -1.55. The molecule has 31 heavy (non-hydrogen) atoms. The van der Waals surface area contributed by atoms with Crippen molar-refractivity contribution in [3.8, 4) is 0 Å². The summed E-state index contributed by atoms with van der Waals surface area (Å²) in [5, 5.41) is 23.5.